The fraction of sp³-hybridized carbons (Fsp3) is 0.207. The van der Waals surface area contributed by atoms with E-state index in [1.807, 2.05) is 36.4 Å². The molecule has 0 saturated carbocycles. The Kier molecular flexibility index (Phi) is 8.74. The van der Waals surface area contributed by atoms with Crippen molar-refractivity contribution in [3.8, 4) is 11.9 Å². The molecule has 198 valence electrons. The van der Waals surface area contributed by atoms with Crippen molar-refractivity contribution in [2.45, 2.75) is 32.7 Å². The molecule has 2 aromatic carbocycles. The fourth-order valence-electron chi connectivity index (χ4n) is 4.30. The molecule has 0 radical (unpaired) electrons. The van der Waals surface area contributed by atoms with Crippen LogP contribution in [0.5, 0.6) is 5.88 Å². The molecule has 0 aliphatic carbocycles. The van der Waals surface area contributed by atoms with Gasteiger partial charge in [-0.1, -0.05) is 66.4 Å². The number of pyridine rings is 1. The average molecular weight is 562 g/mol. The zero-order valence-electron chi connectivity index (χ0n) is 21.0. The zero-order chi connectivity index (χ0) is 28.1. The second-order valence-corrected chi connectivity index (χ2v) is 10.6. The van der Waals surface area contributed by atoms with Crippen molar-refractivity contribution >= 4 is 46.1 Å². The van der Waals surface area contributed by atoms with E-state index in [4.69, 9.17) is 12.2 Å². The van der Waals surface area contributed by atoms with Crippen LogP contribution in [-0.4, -0.2) is 37.1 Å². The van der Waals surface area contributed by atoms with Gasteiger partial charge >= 0.3 is 0 Å². The number of amides is 1. The Labute approximate surface area is 234 Å². The molecule has 1 amide bonds. The van der Waals surface area contributed by atoms with Crippen LogP contribution in [0.4, 0.5) is 4.39 Å². The van der Waals surface area contributed by atoms with Gasteiger partial charge in [-0.05, 0) is 54.7 Å². The highest BCUT2D eigenvalue weighted by Crippen LogP contribution is 2.33. The quantitative estimate of drug-likeness (QED) is 0.223. The minimum atomic E-state index is -0.648. The molecular formula is C29H24FN3O4S2. The summed E-state index contributed by atoms with van der Waals surface area (Å²) in [6.07, 6.45) is 2.27. The molecule has 0 bridgehead atoms. The third-order valence-corrected chi connectivity index (χ3v) is 7.75. The van der Waals surface area contributed by atoms with Gasteiger partial charge in [-0.3, -0.25) is 23.9 Å². The standard InChI is InChI=1S/C29H24FN3O4S2/c1-18-22(17-31)26(35)32(15-13-19-6-3-2-4-7-19)28(37)25(18)23(34)8-5-14-33-27(36)24(39-29(33)38)16-20-9-11-21(30)12-10-20/h2-4,6-7,9-12,16,37H,5,8,13-15H2,1H3/b24-16-. The van der Waals surface area contributed by atoms with E-state index in [9.17, 15) is 29.1 Å². The Bertz CT molecular complexity index is 1580. The van der Waals surface area contributed by atoms with Crippen molar-refractivity contribution in [1.29, 1.82) is 5.26 Å². The zero-order valence-corrected chi connectivity index (χ0v) is 22.7. The number of Topliss-reactive ketones (excluding diaryl/α,β-unsaturated/α-hetero) is 1. The lowest BCUT2D eigenvalue weighted by atomic mass is 9.99. The number of aromatic hydroxyl groups is 1. The number of carbonyl (C=O) groups excluding carboxylic acids is 2. The number of ketones is 1. The van der Waals surface area contributed by atoms with Crippen molar-refractivity contribution in [2.75, 3.05) is 6.54 Å². The van der Waals surface area contributed by atoms with Crippen molar-refractivity contribution in [1.82, 2.24) is 9.47 Å². The Hall–Kier alpha value is -4.07. The molecule has 0 unspecified atom stereocenters. The number of aryl methyl sites for hydroxylation is 1. The van der Waals surface area contributed by atoms with Gasteiger partial charge in [0, 0.05) is 19.5 Å². The molecule has 3 aromatic rings. The van der Waals surface area contributed by atoms with E-state index in [-0.39, 0.29) is 54.3 Å². The number of thiocarbonyl (C=S) groups is 1. The van der Waals surface area contributed by atoms with Crippen LogP contribution in [0.25, 0.3) is 6.08 Å². The topological polar surface area (TPSA) is 103 Å². The van der Waals surface area contributed by atoms with Crippen LogP contribution in [0.3, 0.4) is 0 Å². The van der Waals surface area contributed by atoms with Gasteiger partial charge in [0.05, 0.1) is 10.5 Å². The first-order valence-corrected chi connectivity index (χ1v) is 13.4. The summed E-state index contributed by atoms with van der Waals surface area (Å²) in [6.45, 7) is 1.74. The highest BCUT2D eigenvalue weighted by atomic mass is 32.2. The van der Waals surface area contributed by atoms with Crippen LogP contribution in [0.1, 0.15) is 45.5 Å². The SMILES string of the molecule is Cc1c(C(=O)CCCN2C(=O)/C(=C/c3ccc(F)cc3)SC2=S)c(O)n(CCc2ccccc2)c(=O)c1C#N. The Morgan fingerprint density at radius 3 is 2.49 bits per heavy atom. The maximum atomic E-state index is 13.2. The predicted molar refractivity (Wildman–Crippen MR) is 152 cm³/mol. The van der Waals surface area contributed by atoms with E-state index in [0.717, 1.165) is 21.9 Å². The van der Waals surface area contributed by atoms with E-state index in [1.165, 1.54) is 24.0 Å². The number of halogens is 1. The van der Waals surface area contributed by atoms with Gasteiger partial charge in [0.25, 0.3) is 11.5 Å². The van der Waals surface area contributed by atoms with Crippen LogP contribution in [0.2, 0.25) is 0 Å². The minimum Gasteiger partial charge on any atom is -0.494 e. The molecule has 7 nitrogen and oxygen atoms in total. The highest BCUT2D eigenvalue weighted by Gasteiger charge is 2.32. The van der Waals surface area contributed by atoms with Gasteiger partial charge in [-0.15, -0.1) is 0 Å². The molecule has 1 saturated heterocycles. The summed E-state index contributed by atoms with van der Waals surface area (Å²) in [6, 6.07) is 17.0. The highest BCUT2D eigenvalue weighted by molar-refractivity contribution is 8.26. The van der Waals surface area contributed by atoms with Gasteiger partial charge in [0.15, 0.2) is 5.78 Å². The monoisotopic (exact) mass is 561 g/mol. The molecule has 39 heavy (non-hydrogen) atoms. The molecule has 2 heterocycles. The van der Waals surface area contributed by atoms with Crippen molar-refractivity contribution in [3.63, 3.8) is 0 Å². The van der Waals surface area contributed by atoms with Gasteiger partial charge in [0.2, 0.25) is 5.88 Å². The van der Waals surface area contributed by atoms with Crippen LogP contribution in [-0.2, 0) is 17.8 Å². The minimum absolute atomic E-state index is 0.0375. The fourth-order valence-corrected chi connectivity index (χ4v) is 5.61. The molecule has 1 aliphatic rings. The number of rotatable bonds is 9. The third-order valence-electron chi connectivity index (χ3n) is 6.37. The molecule has 1 aliphatic heterocycles. The van der Waals surface area contributed by atoms with Crippen LogP contribution >= 0.6 is 24.0 Å². The van der Waals surface area contributed by atoms with Crippen LogP contribution in [0.15, 0.2) is 64.3 Å². The number of hydrogen-bond donors (Lipinski definition) is 1. The molecular weight excluding hydrogens is 537 g/mol. The van der Waals surface area contributed by atoms with Crippen LogP contribution < -0.4 is 5.56 Å². The number of carbonyl (C=O) groups is 2. The predicted octanol–water partition coefficient (Wildman–Crippen LogP) is 4.98. The molecule has 1 aromatic heterocycles. The second kappa shape index (κ2) is 12.2. The number of benzene rings is 2. The normalized spacial score (nSPS) is 14.2. The smallest absolute Gasteiger partial charge is 0.271 e. The maximum absolute atomic E-state index is 13.2. The molecule has 4 rings (SSSR count). The van der Waals surface area contributed by atoms with Gasteiger partial charge in [-0.2, -0.15) is 5.26 Å². The first kappa shape index (κ1) is 28.0. The summed E-state index contributed by atoms with van der Waals surface area (Å²) in [7, 11) is 0. The second-order valence-electron chi connectivity index (χ2n) is 8.91. The number of nitriles is 1. The largest absolute Gasteiger partial charge is 0.494 e. The first-order valence-electron chi connectivity index (χ1n) is 12.2. The van der Waals surface area contributed by atoms with Crippen molar-refractivity contribution in [2.24, 2.45) is 0 Å². The number of hydrogen-bond acceptors (Lipinski definition) is 7. The molecule has 1 N–H and O–H groups in total. The summed E-state index contributed by atoms with van der Waals surface area (Å²) in [5.74, 6) is -1.59. The molecule has 10 heteroatoms. The van der Waals surface area contributed by atoms with Crippen molar-refractivity contribution in [3.05, 3.63) is 103 Å². The van der Waals surface area contributed by atoms with E-state index >= 15 is 0 Å². The molecule has 0 atom stereocenters. The van der Waals surface area contributed by atoms with Crippen LogP contribution in [0, 0.1) is 24.1 Å². The molecule has 0 spiro atoms. The van der Waals surface area contributed by atoms with E-state index in [1.54, 1.807) is 18.2 Å². The Morgan fingerprint density at radius 2 is 1.82 bits per heavy atom. The maximum Gasteiger partial charge on any atom is 0.271 e. The lowest BCUT2D eigenvalue weighted by molar-refractivity contribution is -0.122. The lowest BCUT2D eigenvalue weighted by Gasteiger charge is -2.17. The summed E-state index contributed by atoms with van der Waals surface area (Å²) in [5.41, 5.74) is 0.827. The van der Waals surface area contributed by atoms with E-state index < -0.39 is 17.2 Å². The van der Waals surface area contributed by atoms with Gasteiger partial charge in [0.1, 0.15) is 21.8 Å². The number of thioether (sulfide) groups is 1. The number of nitrogens with zero attached hydrogens (tertiary/aromatic N) is 3. The first-order chi connectivity index (χ1) is 18.7. The number of aromatic nitrogens is 1. The van der Waals surface area contributed by atoms with Gasteiger partial charge < -0.3 is 5.11 Å². The average Bonchev–Trinajstić information content (AvgIpc) is 3.18. The summed E-state index contributed by atoms with van der Waals surface area (Å²) in [5, 5.41) is 20.5. The van der Waals surface area contributed by atoms with E-state index in [0.29, 0.717) is 21.2 Å². The third kappa shape index (κ3) is 6.16. The Balaban J connectivity index is 1.47. The van der Waals surface area contributed by atoms with E-state index in [2.05, 4.69) is 0 Å². The molecule has 1 fully saturated rings. The summed E-state index contributed by atoms with van der Waals surface area (Å²) >= 11 is 6.48. The summed E-state index contributed by atoms with van der Waals surface area (Å²) in [4.78, 5) is 40.7. The van der Waals surface area contributed by atoms with Gasteiger partial charge in [-0.25, -0.2) is 4.39 Å². The lowest BCUT2D eigenvalue weighted by Crippen LogP contribution is -2.30. The Morgan fingerprint density at radius 1 is 1.13 bits per heavy atom. The van der Waals surface area contributed by atoms with Crippen molar-refractivity contribution < 1.29 is 19.1 Å². The summed E-state index contributed by atoms with van der Waals surface area (Å²) < 4.78 is 14.6.